The Kier molecular flexibility index (Phi) is 58.2. The fourth-order valence-corrected chi connectivity index (χ4v) is 9.46. The standard InChI is InChI=1S/C65H120O6/c1-4-7-10-13-16-18-20-22-24-26-27-28-29-30-31-32-33-34-35-36-37-38-40-41-43-45-47-49-52-55-58-64(67)70-61-62(60-69-63(66)57-54-51-15-12-9-6-3)71-65(68)59-56-53-50-48-46-44-42-39-25-23-21-19-17-14-11-8-5-2/h8,11,17,19,23,25,62H,4-7,9-10,12-16,18,20-22,24,26-61H2,1-3H3/b11-8-,19-17-,25-23-. The van der Waals surface area contributed by atoms with Crippen molar-refractivity contribution >= 4 is 17.9 Å². The molecule has 6 heteroatoms. The van der Waals surface area contributed by atoms with Gasteiger partial charge in [-0.1, -0.05) is 308 Å². The van der Waals surface area contributed by atoms with Gasteiger partial charge in [0, 0.05) is 19.3 Å². The van der Waals surface area contributed by atoms with Gasteiger partial charge in [0.2, 0.25) is 0 Å². The zero-order valence-corrected chi connectivity index (χ0v) is 47.8. The molecule has 0 aliphatic heterocycles. The van der Waals surface area contributed by atoms with Gasteiger partial charge >= 0.3 is 17.9 Å². The lowest BCUT2D eigenvalue weighted by Gasteiger charge is -2.18. The molecule has 0 aliphatic carbocycles. The molecule has 0 amide bonds. The van der Waals surface area contributed by atoms with Crippen molar-refractivity contribution in [3.05, 3.63) is 36.5 Å². The number of ether oxygens (including phenoxy) is 3. The SMILES string of the molecule is CC/C=C\C/C=C\C/C=C\CCCCCCCCCC(=O)OC(COC(=O)CCCCCCCC)COC(=O)CCCCCCCCCCCCCCCCCCCCCCCCCCCCCCCC. The number of carbonyl (C=O) groups is 3. The van der Waals surface area contributed by atoms with E-state index >= 15 is 0 Å². The van der Waals surface area contributed by atoms with E-state index in [0.29, 0.717) is 19.3 Å². The smallest absolute Gasteiger partial charge is 0.306 e. The molecule has 0 spiro atoms. The minimum absolute atomic E-state index is 0.0724. The maximum atomic E-state index is 12.8. The molecule has 0 saturated heterocycles. The molecule has 0 rings (SSSR count). The molecule has 0 aromatic rings. The summed E-state index contributed by atoms with van der Waals surface area (Å²) in [5, 5.41) is 0. The Bertz CT molecular complexity index is 1190. The zero-order chi connectivity index (χ0) is 51.4. The van der Waals surface area contributed by atoms with Crippen molar-refractivity contribution in [1.29, 1.82) is 0 Å². The highest BCUT2D eigenvalue weighted by molar-refractivity contribution is 5.71. The largest absolute Gasteiger partial charge is 0.462 e. The molecule has 1 atom stereocenters. The van der Waals surface area contributed by atoms with Gasteiger partial charge < -0.3 is 14.2 Å². The molecule has 0 N–H and O–H groups in total. The number of hydrogen-bond donors (Lipinski definition) is 0. The van der Waals surface area contributed by atoms with Crippen molar-refractivity contribution in [2.45, 2.75) is 348 Å². The van der Waals surface area contributed by atoms with Crippen LogP contribution in [0.1, 0.15) is 342 Å². The maximum absolute atomic E-state index is 12.8. The lowest BCUT2D eigenvalue weighted by atomic mass is 10.0. The monoisotopic (exact) mass is 997 g/mol. The summed E-state index contributed by atoms with van der Waals surface area (Å²) in [5.74, 6) is -0.875. The van der Waals surface area contributed by atoms with Crippen molar-refractivity contribution < 1.29 is 28.6 Å². The number of esters is 3. The second-order valence-corrected chi connectivity index (χ2v) is 21.3. The van der Waals surface area contributed by atoms with Crippen molar-refractivity contribution in [3.8, 4) is 0 Å². The molecule has 6 nitrogen and oxygen atoms in total. The third-order valence-electron chi connectivity index (χ3n) is 14.2. The van der Waals surface area contributed by atoms with Crippen LogP contribution in [0.15, 0.2) is 36.5 Å². The van der Waals surface area contributed by atoms with Crippen LogP contribution in [-0.2, 0) is 28.6 Å². The Hall–Kier alpha value is -2.37. The quantitative estimate of drug-likeness (QED) is 0.0261. The summed E-state index contributed by atoms with van der Waals surface area (Å²) in [6, 6.07) is 0. The molecule has 416 valence electrons. The Balaban J connectivity index is 3.97. The van der Waals surface area contributed by atoms with Crippen molar-refractivity contribution in [1.82, 2.24) is 0 Å². The minimum atomic E-state index is -0.772. The van der Waals surface area contributed by atoms with E-state index in [9.17, 15) is 14.4 Å². The molecule has 0 aromatic heterocycles. The molecular weight excluding hydrogens is 877 g/mol. The van der Waals surface area contributed by atoms with Crippen LogP contribution in [0.25, 0.3) is 0 Å². The number of unbranched alkanes of at least 4 members (excludes halogenated alkanes) is 41. The highest BCUT2D eigenvalue weighted by Crippen LogP contribution is 2.18. The molecule has 0 radical (unpaired) electrons. The van der Waals surface area contributed by atoms with Crippen LogP contribution < -0.4 is 0 Å². The van der Waals surface area contributed by atoms with Gasteiger partial charge in [-0.05, 0) is 51.4 Å². The van der Waals surface area contributed by atoms with Crippen LogP contribution in [0, 0.1) is 0 Å². The van der Waals surface area contributed by atoms with Gasteiger partial charge in [0.05, 0.1) is 0 Å². The number of rotatable bonds is 58. The average molecular weight is 998 g/mol. The maximum Gasteiger partial charge on any atom is 0.306 e. The normalized spacial score (nSPS) is 12.2. The first-order valence-electron chi connectivity index (χ1n) is 31.5. The van der Waals surface area contributed by atoms with Gasteiger partial charge in [-0.2, -0.15) is 0 Å². The first-order chi connectivity index (χ1) is 35.0. The molecule has 0 heterocycles. The fraction of sp³-hybridized carbons (Fsp3) is 0.862. The second-order valence-electron chi connectivity index (χ2n) is 21.3. The lowest BCUT2D eigenvalue weighted by molar-refractivity contribution is -0.167. The summed E-state index contributed by atoms with van der Waals surface area (Å²) in [7, 11) is 0. The third-order valence-corrected chi connectivity index (χ3v) is 14.2. The van der Waals surface area contributed by atoms with E-state index in [1.54, 1.807) is 0 Å². The number of carbonyl (C=O) groups excluding carboxylic acids is 3. The molecule has 0 aromatic carbocycles. The summed E-state index contributed by atoms with van der Waals surface area (Å²) in [4.78, 5) is 37.9. The van der Waals surface area contributed by atoms with E-state index in [-0.39, 0.29) is 31.1 Å². The summed E-state index contributed by atoms with van der Waals surface area (Å²) >= 11 is 0. The van der Waals surface area contributed by atoms with Crippen LogP contribution >= 0.6 is 0 Å². The Morgan fingerprint density at radius 2 is 0.549 bits per heavy atom. The van der Waals surface area contributed by atoms with Crippen LogP contribution in [0.5, 0.6) is 0 Å². The molecule has 1 unspecified atom stereocenters. The van der Waals surface area contributed by atoms with Gasteiger partial charge in [-0.3, -0.25) is 14.4 Å². The van der Waals surface area contributed by atoms with Crippen LogP contribution in [0.3, 0.4) is 0 Å². The summed E-state index contributed by atoms with van der Waals surface area (Å²) in [6.07, 6.45) is 73.5. The molecule has 0 aliphatic rings. The molecule has 0 bridgehead atoms. The predicted octanol–water partition coefficient (Wildman–Crippen LogP) is 21.2. The van der Waals surface area contributed by atoms with E-state index in [4.69, 9.17) is 14.2 Å². The van der Waals surface area contributed by atoms with Gasteiger partial charge in [0.15, 0.2) is 6.10 Å². The highest BCUT2D eigenvalue weighted by Gasteiger charge is 2.19. The summed E-state index contributed by atoms with van der Waals surface area (Å²) < 4.78 is 16.8. The lowest BCUT2D eigenvalue weighted by Crippen LogP contribution is -2.30. The van der Waals surface area contributed by atoms with E-state index in [0.717, 1.165) is 83.5 Å². The van der Waals surface area contributed by atoms with Gasteiger partial charge in [-0.15, -0.1) is 0 Å². The Morgan fingerprint density at radius 1 is 0.296 bits per heavy atom. The highest BCUT2D eigenvalue weighted by atomic mass is 16.6. The van der Waals surface area contributed by atoms with Gasteiger partial charge in [0.25, 0.3) is 0 Å². The van der Waals surface area contributed by atoms with E-state index in [2.05, 4.69) is 57.2 Å². The van der Waals surface area contributed by atoms with Gasteiger partial charge in [0.1, 0.15) is 13.2 Å². The molecular formula is C65H120O6. The topological polar surface area (TPSA) is 78.9 Å². The second kappa shape index (κ2) is 60.2. The van der Waals surface area contributed by atoms with Crippen LogP contribution in [-0.4, -0.2) is 37.2 Å². The number of hydrogen-bond acceptors (Lipinski definition) is 6. The summed E-state index contributed by atoms with van der Waals surface area (Å²) in [5.41, 5.74) is 0. The number of allylic oxidation sites excluding steroid dienone is 6. The zero-order valence-electron chi connectivity index (χ0n) is 47.8. The average Bonchev–Trinajstić information content (AvgIpc) is 3.37. The Labute approximate surface area is 442 Å². The first kappa shape index (κ1) is 68.6. The van der Waals surface area contributed by atoms with E-state index in [1.165, 1.54) is 218 Å². The van der Waals surface area contributed by atoms with Crippen LogP contribution in [0.2, 0.25) is 0 Å². The Morgan fingerprint density at radius 3 is 0.859 bits per heavy atom. The van der Waals surface area contributed by atoms with Crippen molar-refractivity contribution in [3.63, 3.8) is 0 Å². The fourth-order valence-electron chi connectivity index (χ4n) is 9.46. The summed E-state index contributed by atoms with van der Waals surface area (Å²) in [6.45, 7) is 6.51. The van der Waals surface area contributed by atoms with E-state index in [1.807, 2.05) is 0 Å². The van der Waals surface area contributed by atoms with E-state index < -0.39 is 6.10 Å². The van der Waals surface area contributed by atoms with Crippen molar-refractivity contribution in [2.24, 2.45) is 0 Å². The third kappa shape index (κ3) is 58.4. The van der Waals surface area contributed by atoms with Crippen molar-refractivity contribution in [2.75, 3.05) is 13.2 Å². The van der Waals surface area contributed by atoms with Gasteiger partial charge in [-0.25, -0.2) is 0 Å². The first-order valence-corrected chi connectivity index (χ1v) is 31.5. The molecule has 0 fully saturated rings. The van der Waals surface area contributed by atoms with Crippen LogP contribution in [0.4, 0.5) is 0 Å². The molecule has 71 heavy (non-hydrogen) atoms. The predicted molar refractivity (Wildman–Crippen MR) is 307 cm³/mol. The molecule has 0 saturated carbocycles. The minimum Gasteiger partial charge on any atom is -0.462 e.